The Bertz CT molecular complexity index is 490. The van der Waals surface area contributed by atoms with Crippen LogP contribution in [0.2, 0.25) is 0 Å². The van der Waals surface area contributed by atoms with Crippen molar-refractivity contribution in [2.45, 2.75) is 0 Å². The molecule has 0 aliphatic carbocycles. The highest BCUT2D eigenvalue weighted by Gasteiger charge is 2.07. The van der Waals surface area contributed by atoms with Gasteiger partial charge in [0.1, 0.15) is 0 Å². The number of carbonyl (C=O) groups excluding carboxylic acids is 1. The standard InChI is InChI=1S/C13H13N4O/c14-16-12-6-4-11(5-7-12)15-13(18)10-17-8-2-1-3-9-17/h1-8H,9-10H2,(H,15,18). The Morgan fingerprint density at radius 1 is 1.33 bits per heavy atom. The van der Waals surface area contributed by atoms with Crippen molar-refractivity contribution in [1.29, 1.82) is 0 Å². The van der Waals surface area contributed by atoms with Gasteiger partial charge in [0.05, 0.1) is 12.2 Å². The van der Waals surface area contributed by atoms with Crippen molar-refractivity contribution in [3.05, 3.63) is 48.7 Å². The van der Waals surface area contributed by atoms with Gasteiger partial charge in [-0.15, -0.1) is 5.11 Å². The Kier molecular flexibility index (Phi) is 3.86. The summed E-state index contributed by atoms with van der Waals surface area (Å²) in [5.74, 6) is -0.0800. The Morgan fingerprint density at radius 2 is 2.11 bits per heavy atom. The van der Waals surface area contributed by atoms with Crippen LogP contribution in [0.1, 0.15) is 0 Å². The van der Waals surface area contributed by atoms with Crippen LogP contribution in [0.15, 0.2) is 53.8 Å². The molecule has 1 aromatic carbocycles. The van der Waals surface area contributed by atoms with E-state index in [0.717, 1.165) is 6.54 Å². The molecule has 1 aliphatic heterocycles. The number of hydrogen-bond donors (Lipinski definition) is 1. The van der Waals surface area contributed by atoms with Crippen LogP contribution in [-0.2, 0) is 4.79 Å². The molecule has 1 aromatic rings. The molecule has 0 bridgehead atoms. The third kappa shape index (κ3) is 3.28. The number of anilines is 1. The van der Waals surface area contributed by atoms with E-state index < -0.39 is 0 Å². The number of carbonyl (C=O) groups is 1. The van der Waals surface area contributed by atoms with Crippen LogP contribution in [0.4, 0.5) is 11.4 Å². The van der Waals surface area contributed by atoms with Crippen molar-refractivity contribution < 1.29 is 4.79 Å². The summed E-state index contributed by atoms with van der Waals surface area (Å²) in [6, 6.07) is 6.64. The van der Waals surface area contributed by atoms with Crippen LogP contribution in [0.25, 0.3) is 0 Å². The van der Waals surface area contributed by atoms with Gasteiger partial charge in [-0.1, -0.05) is 12.2 Å². The van der Waals surface area contributed by atoms with Gasteiger partial charge in [0.15, 0.2) is 0 Å². The SMILES string of the molecule is [N]=Nc1ccc(NC(=O)CN2C=CC=CC2)cc1. The zero-order chi connectivity index (χ0) is 12.8. The summed E-state index contributed by atoms with van der Waals surface area (Å²) in [6.45, 7) is 1.05. The van der Waals surface area contributed by atoms with E-state index in [-0.39, 0.29) is 5.91 Å². The number of allylic oxidation sites excluding steroid dienone is 2. The van der Waals surface area contributed by atoms with Crippen molar-refractivity contribution in [2.24, 2.45) is 5.11 Å². The van der Waals surface area contributed by atoms with Crippen molar-refractivity contribution in [2.75, 3.05) is 18.4 Å². The van der Waals surface area contributed by atoms with Crippen molar-refractivity contribution >= 4 is 17.3 Å². The summed E-state index contributed by atoms with van der Waals surface area (Å²) < 4.78 is 0. The molecule has 1 heterocycles. The van der Waals surface area contributed by atoms with E-state index in [1.165, 1.54) is 0 Å². The Labute approximate surface area is 105 Å². The van der Waals surface area contributed by atoms with Gasteiger partial charge in [-0.05, 0) is 42.1 Å². The van der Waals surface area contributed by atoms with Crippen LogP contribution < -0.4 is 10.8 Å². The molecule has 0 saturated heterocycles. The largest absolute Gasteiger partial charge is 0.364 e. The molecule has 1 N–H and O–H groups in total. The van der Waals surface area contributed by atoms with Crippen LogP contribution in [0, 0.1) is 0 Å². The van der Waals surface area contributed by atoms with Crippen molar-refractivity contribution in [3.63, 3.8) is 0 Å². The lowest BCUT2D eigenvalue weighted by atomic mass is 10.3. The van der Waals surface area contributed by atoms with Crippen LogP contribution in [0.5, 0.6) is 0 Å². The second kappa shape index (κ2) is 5.77. The van der Waals surface area contributed by atoms with Gasteiger partial charge in [0, 0.05) is 12.2 Å². The predicted octanol–water partition coefficient (Wildman–Crippen LogP) is 1.89. The van der Waals surface area contributed by atoms with E-state index in [1.807, 2.05) is 29.3 Å². The molecular formula is C13H13N4O. The lowest BCUT2D eigenvalue weighted by molar-refractivity contribution is -0.116. The van der Waals surface area contributed by atoms with E-state index in [2.05, 4.69) is 10.4 Å². The van der Waals surface area contributed by atoms with Gasteiger partial charge in [-0.3, -0.25) is 4.79 Å². The molecule has 2 rings (SSSR count). The zero-order valence-corrected chi connectivity index (χ0v) is 9.78. The summed E-state index contributed by atoms with van der Waals surface area (Å²) in [5, 5.41) is 5.83. The molecule has 0 unspecified atom stereocenters. The molecule has 1 aliphatic rings. The van der Waals surface area contributed by atoms with Crippen LogP contribution >= 0.6 is 0 Å². The normalized spacial score (nSPS) is 13.4. The molecule has 0 fully saturated rings. The maximum atomic E-state index is 11.8. The molecule has 1 amide bonds. The summed E-state index contributed by atoms with van der Waals surface area (Å²) in [5.41, 5.74) is 9.68. The summed E-state index contributed by atoms with van der Waals surface area (Å²) in [7, 11) is 0. The van der Waals surface area contributed by atoms with Gasteiger partial charge in [0.25, 0.3) is 0 Å². The molecule has 0 aromatic heterocycles. The Morgan fingerprint density at radius 3 is 2.72 bits per heavy atom. The predicted molar refractivity (Wildman–Crippen MR) is 69.1 cm³/mol. The van der Waals surface area contributed by atoms with Crippen LogP contribution in [0.3, 0.4) is 0 Å². The molecule has 0 saturated carbocycles. The number of nitrogens with zero attached hydrogens (tertiary/aromatic N) is 3. The molecule has 0 spiro atoms. The number of nitrogens with one attached hydrogen (secondary N) is 1. The zero-order valence-electron chi connectivity index (χ0n) is 9.78. The average molecular weight is 241 g/mol. The Balaban J connectivity index is 1.88. The average Bonchev–Trinajstić information content (AvgIpc) is 2.40. The van der Waals surface area contributed by atoms with Gasteiger partial charge >= 0.3 is 0 Å². The highest BCUT2D eigenvalue weighted by molar-refractivity contribution is 5.92. The highest BCUT2D eigenvalue weighted by atomic mass is 16.2. The fraction of sp³-hybridized carbons (Fsp3) is 0.154. The number of benzene rings is 1. The van der Waals surface area contributed by atoms with Gasteiger partial charge in [-0.2, -0.15) is 0 Å². The van der Waals surface area contributed by atoms with Crippen molar-refractivity contribution in [3.8, 4) is 0 Å². The first-order valence-corrected chi connectivity index (χ1v) is 5.60. The summed E-state index contributed by atoms with van der Waals surface area (Å²) in [6.07, 6.45) is 7.72. The number of hydrogen-bond acceptors (Lipinski definition) is 3. The van der Waals surface area contributed by atoms with E-state index in [1.54, 1.807) is 24.3 Å². The molecule has 91 valence electrons. The van der Waals surface area contributed by atoms with Crippen LogP contribution in [-0.4, -0.2) is 23.9 Å². The fourth-order valence-electron chi connectivity index (χ4n) is 1.62. The summed E-state index contributed by atoms with van der Waals surface area (Å²) >= 11 is 0. The molecule has 5 heteroatoms. The topological polar surface area (TPSA) is 67.0 Å². The molecule has 5 nitrogen and oxygen atoms in total. The van der Waals surface area contributed by atoms with E-state index in [9.17, 15) is 4.79 Å². The second-order valence-corrected chi connectivity index (χ2v) is 3.89. The number of rotatable bonds is 4. The first-order valence-electron chi connectivity index (χ1n) is 5.60. The first-order chi connectivity index (χ1) is 8.78. The minimum absolute atomic E-state index is 0.0800. The van der Waals surface area contributed by atoms with Crippen molar-refractivity contribution in [1.82, 2.24) is 10.4 Å². The first kappa shape index (κ1) is 12.0. The quantitative estimate of drug-likeness (QED) is 0.818. The number of amides is 1. The molecule has 0 atom stereocenters. The smallest absolute Gasteiger partial charge is 0.243 e. The minimum atomic E-state index is -0.0800. The van der Waals surface area contributed by atoms with Gasteiger partial charge < -0.3 is 10.2 Å². The van der Waals surface area contributed by atoms with E-state index >= 15 is 0 Å². The van der Waals surface area contributed by atoms with E-state index in [0.29, 0.717) is 17.9 Å². The maximum absolute atomic E-state index is 11.8. The third-order valence-corrected chi connectivity index (χ3v) is 2.50. The molecule has 18 heavy (non-hydrogen) atoms. The van der Waals surface area contributed by atoms with Gasteiger partial charge in [0.2, 0.25) is 5.91 Å². The highest BCUT2D eigenvalue weighted by Crippen LogP contribution is 2.15. The monoisotopic (exact) mass is 241 g/mol. The Hall–Kier alpha value is -2.43. The second-order valence-electron chi connectivity index (χ2n) is 3.89. The van der Waals surface area contributed by atoms with E-state index in [4.69, 9.17) is 5.53 Å². The lowest BCUT2D eigenvalue weighted by Gasteiger charge is -2.19. The minimum Gasteiger partial charge on any atom is -0.364 e. The third-order valence-electron chi connectivity index (χ3n) is 2.50. The molecule has 1 radical (unpaired) electrons. The summed E-state index contributed by atoms with van der Waals surface area (Å²) in [4.78, 5) is 13.7. The maximum Gasteiger partial charge on any atom is 0.243 e. The lowest BCUT2D eigenvalue weighted by Crippen LogP contribution is -2.30. The van der Waals surface area contributed by atoms with Gasteiger partial charge in [-0.25, -0.2) is 0 Å². The molecular weight excluding hydrogens is 228 g/mol. The fourth-order valence-corrected chi connectivity index (χ4v) is 1.62.